The van der Waals surface area contributed by atoms with Crippen molar-refractivity contribution in [1.82, 2.24) is 0 Å². The second kappa shape index (κ2) is 9.99. The van der Waals surface area contributed by atoms with Gasteiger partial charge in [-0.3, -0.25) is 0 Å². The summed E-state index contributed by atoms with van der Waals surface area (Å²) >= 11 is 0. The van der Waals surface area contributed by atoms with E-state index in [1.165, 1.54) is 0 Å². The van der Waals surface area contributed by atoms with Crippen molar-refractivity contribution >= 4 is 0 Å². The number of hydrogen-bond donors (Lipinski definition) is 0. The van der Waals surface area contributed by atoms with E-state index in [2.05, 4.69) is 18.2 Å². The SMILES string of the molecule is C/C=C/CC/C=C/C1OCC(C2CCC(C=C(F)F)CC2)CO1. The van der Waals surface area contributed by atoms with Gasteiger partial charge in [0, 0.05) is 5.92 Å². The number of rotatable bonds is 6. The van der Waals surface area contributed by atoms with Crippen LogP contribution in [0.5, 0.6) is 0 Å². The predicted molar refractivity (Wildman–Crippen MR) is 88.1 cm³/mol. The quantitative estimate of drug-likeness (QED) is 0.475. The Kier molecular flexibility index (Phi) is 7.96. The Labute approximate surface area is 138 Å². The molecule has 1 aliphatic heterocycles. The van der Waals surface area contributed by atoms with Crippen molar-refractivity contribution in [3.05, 3.63) is 36.5 Å². The van der Waals surface area contributed by atoms with Gasteiger partial charge in [-0.2, -0.15) is 8.78 Å². The molecular formula is C19H28F2O2. The van der Waals surface area contributed by atoms with Crippen LogP contribution in [0.4, 0.5) is 8.78 Å². The van der Waals surface area contributed by atoms with Crippen LogP contribution in [0.15, 0.2) is 36.5 Å². The molecule has 1 saturated carbocycles. The molecular weight excluding hydrogens is 298 g/mol. The zero-order valence-corrected chi connectivity index (χ0v) is 13.9. The zero-order chi connectivity index (χ0) is 16.5. The van der Waals surface area contributed by atoms with Gasteiger partial charge < -0.3 is 9.47 Å². The smallest absolute Gasteiger partial charge is 0.266 e. The van der Waals surface area contributed by atoms with Crippen LogP contribution in [0.25, 0.3) is 0 Å². The van der Waals surface area contributed by atoms with E-state index < -0.39 is 6.08 Å². The third-order valence-electron chi connectivity index (χ3n) is 4.82. The van der Waals surface area contributed by atoms with Crippen LogP contribution in [0.2, 0.25) is 0 Å². The zero-order valence-electron chi connectivity index (χ0n) is 13.9. The summed E-state index contributed by atoms with van der Waals surface area (Å²) in [5.41, 5.74) is 0. The fourth-order valence-corrected chi connectivity index (χ4v) is 3.44. The topological polar surface area (TPSA) is 18.5 Å². The van der Waals surface area contributed by atoms with E-state index in [0.29, 0.717) is 25.0 Å². The summed E-state index contributed by atoms with van der Waals surface area (Å²) in [5.74, 6) is 0.999. The normalized spacial score (nSPS) is 32.5. The molecule has 0 radical (unpaired) electrons. The van der Waals surface area contributed by atoms with Gasteiger partial charge in [0.25, 0.3) is 6.08 Å². The molecule has 0 N–H and O–H groups in total. The maximum absolute atomic E-state index is 12.3. The van der Waals surface area contributed by atoms with Gasteiger partial charge in [0.15, 0.2) is 6.29 Å². The number of ether oxygens (including phenoxy) is 2. The van der Waals surface area contributed by atoms with E-state index in [0.717, 1.165) is 44.6 Å². The molecule has 1 heterocycles. The Bertz CT molecular complexity index is 411. The highest BCUT2D eigenvalue weighted by molar-refractivity contribution is 4.93. The van der Waals surface area contributed by atoms with Crippen molar-refractivity contribution in [2.75, 3.05) is 13.2 Å². The lowest BCUT2D eigenvalue weighted by Gasteiger charge is -2.36. The Balaban J connectivity index is 1.66. The van der Waals surface area contributed by atoms with Gasteiger partial charge in [0.1, 0.15) is 0 Å². The predicted octanol–water partition coefficient (Wildman–Crippen LogP) is 5.47. The first-order chi connectivity index (χ1) is 11.2. The standard InChI is InChI=1S/C19H28F2O2/c1-2-3-4-5-6-7-19-22-13-17(14-23-19)16-10-8-15(9-11-16)12-18(20)21/h2-3,6-7,12,15-17,19H,4-5,8-11,13-14H2,1H3/b3-2+,7-6+. The summed E-state index contributed by atoms with van der Waals surface area (Å²) < 4.78 is 36.2. The average Bonchev–Trinajstić information content (AvgIpc) is 2.55. The summed E-state index contributed by atoms with van der Waals surface area (Å²) in [4.78, 5) is 0. The minimum absolute atomic E-state index is 0.0505. The summed E-state index contributed by atoms with van der Waals surface area (Å²) in [6.07, 6.45) is 13.4. The van der Waals surface area contributed by atoms with Crippen molar-refractivity contribution in [2.45, 2.75) is 51.7 Å². The molecule has 0 bridgehead atoms. The molecule has 130 valence electrons. The highest BCUT2D eigenvalue weighted by Gasteiger charge is 2.31. The molecule has 0 amide bonds. The van der Waals surface area contributed by atoms with Crippen LogP contribution in [0, 0.1) is 17.8 Å². The highest BCUT2D eigenvalue weighted by Crippen LogP contribution is 2.36. The van der Waals surface area contributed by atoms with Crippen molar-refractivity contribution in [2.24, 2.45) is 17.8 Å². The molecule has 2 rings (SSSR count). The monoisotopic (exact) mass is 326 g/mol. The number of unbranched alkanes of at least 4 members (excludes halogenated alkanes) is 1. The van der Waals surface area contributed by atoms with E-state index in [1.807, 2.05) is 13.0 Å². The van der Waals surface area contributed by atoms with Crippen molar-refractivity contribution in [3.63, 3.8) is 0 Å². The molecule has 0 atom stereocenters. The fourth-order valence-electron chi connectivity index (χ4n) is 3.44. The van der Waals surface area contributed by atoms with E-state index in [-0.39, 0.29) is 12.2 Å². The summed E-state index contributed by atoms with van der Waals surface area (Å²) in [5, 5.41) is 0. The number of allylic oxidation sites excluding steroid dienone is 4. The molecule has 0 spiro atoms. The van der Waals surface area contributed by atoms with E-state index in [1.54, 1.807) is 0 Å². The maximum atomic E-state index is 12.3. The molecule has 1 aliphatic carbocycles. The first kappa shape index (κ1) is 18.3. The third kappa shape index (κ3) is 6.56. The fraction of sp³-hybridized carbons (Fsp3) is 0.684. The molecule has 23 heavy (non-hydrogen) atoms. The molecule has 1 saturated heterocycles. The molecule has 2 nitrogen and oxygen atoms in total. The molecule has 0 unspecified atom stereocenters. The lowest BCUT2D eigenvalue weighted by molar-refractivity contribution is -0.185. The largest absolute Gasteiger partial charge is 0.349 e. The van der Waals surface area contributed by atoms with Gasteiger partial charge >= 0.3 is 0 Å². The summed E-state index contributed by atoms with van der Waals surface area (Å²) in [7, 11) is 0. The first-order valence-electron chi connectivity index (χ1n) is 8.73. The molecule has 4 heteroatoms. The second-order valence-corrected chi connectivity index (χ2v) is 6.50. The minimum Gasteiger partial charge on any atom is -0.349 e. The minimum atomic E-state index is -1.54. The van der Waals surface area contributed by atoms with Crippen molar-refractivity contribution in [3.8, 4) is 0 Å². The van der Waals surface area contributed by atoms with Gasteiger partial charge in [0.2, 0.25) is 0 Å². The van der Waals surface area contributed by atoms with Crippen LogP contribution in [0.1, 0.15) is 45.4 Å². The Morgan fingerprint density at radius 3 is 2.22 bits per heavy atom. The van der Waals surface area contributed by atoms with Crippen molar-refractivity contribution < 1.29 is 18.3 Å². The lowest BCUT2D eigenvalue weighted by atomic mass is 9.76. The van der Waals surface area contributed by atoms with Gasteiger partial charge in [0.05, 0.1) is 13.2 Å². The van der Waals surface area contributed by atoms with Crippen LogP contribution < -0.4 is 0 Å². The Morgan fingerprint density at radius 1 is 0.957 bits per heavy atom. The molecule has 0 aromatic heterocycles. The average molecular weight is 326 g/mol. The van der Waals surface area contributed by atoms with Gasteiger partial charge in [-0.1, -0.05) is 18.2 Å². The Morgan fingerprint density at radius 2 is 1.61 bits per heavy atom. The number of halogens is 2. The first-order valence-corrected chi connectivity index (χ1v) is 8.73. The second-order valence-electron chi connectivity index (χ2n) is 6.50. The maximum Gasteiger partial charge on any atom is 0.266 e. The molecule has 0 aromatic rings. The summed E-state index contributed by atoms with van der Waals surface area (Å²) in [6, 6.07) is 0. The Hall–Kier alpha value is -1.00. The van der Waals surface area contributed by atoms with Crippen LogP contribution in [-0.2, 0) is 9.47 Å². The lowest BCUT2D eigenvalue weighted by Crippen LogP contribution is -2.36. The molecule has 0 aromatic carbocycles. The molecule has 2 fully saturated rings. The third-order valence-corrected chi connectivity index (χ3v) is 4.82. The highest BCUT2D eigenvalue weighted by atomic mass is 19.3. The van der Waals surface area contributed by atoms with Gasteiger partial charge in [-0.25, -0.2) is 0 Å². The van der Waals surface area contributed by atoms with Crippen LogP contribution in [-0.4, -0.2) is 19.5 Å². The number of hydrogen-bond acceptors (Lipinski definition) is 2. The van der Waals surface area contributed by atoms with Gasteiger partial charge in [-0.05, 0) is 69.4 Å². The van der Waals surface area contributed by atoms with Crippen molar-refractivity contribution in [1.29, 1.82) is 0 Å². The van der Waals surface area contributed by atoms with Gasteiger partial charge in [-0.15, -0.1) is 0 Å². The van der Waals surface area contributed by atoms with E-state index in [4.69, 9.17) is 9.47 Å². The van der Waals surface area contributed by atoms with E-state index in [9.17, 15) is 8.78 Å². The van der Waals surface area contributed by atoms with E-state index >= 15 is 0 Å². The van der Waals surface area contributed by atoms with Crippen LogP contribution in [0.3, 0.4) is 0 Å². The molecule has 2 aliphatic rings. The summed E-state index contributed by atoms with van der Waals surface area (Å²) in [6.45, 7) is 3.45. The van der Waals surface area contributed by atoms with Crippen LogP contribution >= 0.6 is 0 Å².